The van der Waals surface area contributed by atoms with Gasteiger partial charge in [0.1, 0.15) is 16.9 Å². The van der Waals surface area contributed by atoms with Gasteiger partial charge in [-0.15, -0.1) is 0 Å². The lowest BCUT2D eigenvalue weighted by molar-refractivity contribution is 0.668. The number of aromatic nitrogens is 3. The minimum absolute atomic E-state index is 0.769. The third kappa shape index (κ3) is 6.37. The van der Waals surface area contributed by atoms with Gasteiger partial charge in [0.25, 0.3) is 0 Å². The van der Waals surface area contributed by atoms with E-state index in [1.165, 1.54) is 49.4 Å². The number of hydrogen-bond acceptors (Lipinski definition) is 3. The first-order chi connectivity index (χ1) is 31.1. The molecule has 0 saturated carbocycles. The van der Waals surface area contributed by atoms with Crippen LogP contribution in [0.5, 0.6) is 0 Å². The lowest BCUT2D eigenvalue weighted by Gasteiger charge is -2.23. The van der Waals surface area contributed by atoms with Crippen molar-refractivity contribution < 1.29 is 4.42 Å². The molecule has 300 valence electrons. The average Bonchev–Trinajstić information content (AvgIpc) is 4.01. The van der Waals surface area contributed by atoms with E-state index >= 15 is 0 Å². The molecule has 0 bridgehead atoms. The fourth-order valence-corrected chi connectivity index (χ4v) is 9.12. The predicted molar refractivity (Wildman–Crippen MR) is 266 cm³/mol. The molecular formula is C58H42N4O. The molecule has 0 spiro atoms. The highest BCUT2D eigenvalue weighted by molar-refractivity contribution is 6.11. The van der Waals surface area contributed by atoms with E-state index in [9.17, 15) is 0 Å². The van der Waals surface area contributed by atoms with Crippen molar-refractivity contribution in [3.8, 4) is 33.8 Å². The van der Waals surface area contributed by atoms with Crippen LogP contribution >= 0.6 is 0 Å². The maximum Gasteiger partial charge on any atom is 0.154 e. The van der Waals surface area contributed by atoms with Crippen molar-refractivity contribution in [1.29, 1.82) is 0 Å². The number of furan rings is 1. The van der Waals surface area contributed by atoms with E-state index in [0.29, 0.717) is 0 Å². The third-order valence-electron chi connectivity index (χ3n) is 12.1. The van der Waals surface area contributed by atoms with Crippen LogP contribution in [0.25, 0.3) is 99.4 Å². The number of allylic oxidation sites excluding steroid dienone is 2. The molecule has 0 atom stereocenters. The summed E-state index contributed by atoms with van der Waals surface area (Å²) in [5.41, 5.74) is 15.1. The van der Waals surface area contributed by atoms with Crippen LogP contribution in [-0.2, 0) is 0 Å². The average molecular weight is 811 g/mol. The molecule has 0 radical (unpaired) electrons. The minimum atomic E-state index is 0.769. The molecule has 12 aromatic rings. The van der Waals surface area contributed by atoms with Crippen molar-refractivity contribution in [2.24, 2.45) is 0 Å². The lowest BCUT2D eigenvalue weighted by Crippen LogP contribution is -2.10. The summed E-state index contributed by atoms with van der Waals surface area (Å²) in [5.74, 6) is 0.865. The highest BCUT2D eigenvalue weighted by Gasteiger charge is 2.18. The number of anilines is 2. The molecule has 0 fully saturated rings. The molecule has 4 heterocycles. The van der Waals surface area contributed by atoms with Crippen molar-refractivity contribution in [3.05, 3.63) is 226 Å². The molecule has 0 aliphatic heterocycles. The van der Waals surface area contributed by atoms with Gasteiger partial charge in [0.2, 0.25) is 0 Å². The minimum Gasteiger partial charge on any atom is -0.454 e. The first-order valence-electron chi connectivity index (χ1n) is 21.2. The molecule has 0 aliphatic carbocycles. The first-order valence-corrected chi connectivity index (χ1v) is 21.2. The molecule has 0 aliphatic rings. The van der Waals surface area contributed by atoms with E-state index in [-0.39, 0.29) is 0 Å². The van der Waals surface area contributed by atoms with Gasteiger partial charge in [0, 0.05) is 56.6 Å². The highest BCUT2D eigenvalue weighted by Crippen LogP contribution is 2.40. The number of para-hydroxylation sites is 5. The predicted octanol–water partition coefficient (Wildman–Crippen LogP) is 15.6. The normalized spacial score (nSPS) is 11.4. The summed E-state index contributed by atoms with van der Waals surface area (Å²) in [7, 11) is 2.13. The molecule has 0 amide bonds. The van der Waals surface area contributed by atoms with Crippen molar-refractivity contribution in [2.45, 2.75) is 0 Å². The summed E-state index contributed by atoms with van der Waals surface area (Å²) in [6.45, 7) is 6.72. The largest absolute Gasteiger partial charge is 0.454 e. The van der Waals surface area contributed by atoms with Crippen LogP contribution in [0.3, 0.4) is 0 Å². The van der Waals surface area contributed by atoms with Crippen molar-refractivity contribution in [2.75, 3.05) is 11.9 Å². The van der Waals surface area contributed by atoms with E-state index in [4.69, 9.17) is 9.40 Å². The van der Waals surface area contributed by atoms with Crippen molar-refractivity contribution >= 4 is 77.1 Å². The van der Waals surface area contributed by atoms with Crippen LogP contribution in [0, 0.1) is 0 Å². The summed E-state index contributed by atoms with van der Waals surface area (Å²) in [4.78, 5) is 7.53. The fraction of sp³-hybridized carbons (Fsp3) is 0.0172. The number of fused-ring (bicyclic) bond motifs is 9. The lowest BCUT2D eigenvalue weighted by atomic mass is 9.98. The van der Waals surface area contributed by atoms with E-state index < -0.39 is 0 Å². The third-order valence-corrected chi connectivity index (χ3v) is 12.1. The second-order valence-corrected chi connectivity index (χ2v) is 15.7. The molecular weight excluding hydrogens is 769 g/mol. The van der Waals surface area contributed by atoms with Gasteiger partial charge in [-0.1, -0.05) is 147 Å². The van der Waals surface area contributed by atoms with E-state index in [0.717, 1.165) is 61.4 Å². The Kier molecular flexibility index (Phi) is 9.28. The van der Waals surface area contributed by atoms with E-state index in [1.54, 1.807) is 12.2 Å². The number of nitrogens with zero attached hydrogens (tertiary/aromatic N) is 4. The van der Waals surface area contributed by atoms with Crippen molar-refractivity contribution in [3.63, 3.8) is 0 Å². The Morgan fingerprint density at radius 2 is 1.02 bits per heavy atom. The molecule has 5 nitrogen and oxygen atoms in total. The highest BCUT2D eigenvalue weighted by atomic mass is 16.3. The van der Waals surface area contributed by atoms with E-state index in [2.05, 4.69) is 228 Å². The van der Waals surface area contributed by atoms with Gasteiger partial charge in [-0.3, -0.25) is 4.57 Å². The summed E-state index contributed by atoms with van der Waals surface area (Å²) < 4.78 is 11.0. The zero-order valence-electron chi connectivity index (χ0n) is 34.8. The number of rotatable bonds is 7. The standard InChI is InChI=1S/C54H36N4O.C4H6/c1-56(39-28-30-51-45(34-39)54-52(59-51)31-32-53(55-54)58-48-21-11-6-16-41(48)42-17-7-12-22-49(42)58)46-19-9-5-15-40(46)36-25-23-35(24-26-36)37-27-29-50-44(33-37)43-18-8-10-20-47(43)57(50)38-13-3-2-4-14-38;1-3-4-2/h2-34H,1H3;3-4H,1-2H2. The summed E-state index contributed by atoms with van der Waals surface area (Å²) in [5, 5.41) is 5.91. The van der Waals surface area contributed by atoms with Crippen LogP contribution in [0.1, 0.15) is 0 Å². The van der Waals surface area contributed by atoms with Gasteiger partial charge in [0.05, 0.1) is 22.1 Å². The molecule has 4 aromatic heterocycles. The van der Waals surface area contributed by atoms with Crippen LogP contribution in [0.15, 0.2) is 230 Å². The molecule has 63 heavy (non-hydrogen) atoms. The van der Waals surface area contributed by atoms with Gasteiger partial charge in [-0.2, -0.15) is 0 Å². The van der Waals surface area contributed by atoms with Crippen LogP contribution in [-0.4, -0.2) is 21.2 Å². The van der Waals surface area contributed by atoms with Gasteiger partial charge >= 0.3 is 0 Å². The zero-order valence-corrected chi connectivity index (χ0v) is 34.8. The summed E-state index contributed by atoms with van der Waals surface area (Å²) in [6, 6.07) is 71.3. The van der Waals surface area contributed by atoms with Gasteiger partial charge < -0.3 is 13.9 Å². The number of pyridine rings is 1. The van der Waals surface area contributed by atoms with Gasteiger partial charge in [-0.05, 0) is 95.6 Å². The van der Waals surface area contributed by atoms with Crippen molar-refractivity contribution in [1.82, 2.24) is 14.1 Å². The Morgan fingerprint density at radius 1 is 0.460 bits per heavy atom. The molecule has 0 saturated heterocycles. The fourth-order valence-electron chi connectivity index (χ4n) is 9.12. The maximum absolute atomic E-state index is 6.36. The number of hydrogen-bond donors (Lipinski definition) is 0. The maximum atomic E-state index is 6.36. The molecule has 0 N–H and O–H groups in total. The van der Waals surface area contributed by atoms with Crippen LogP contribution < -0.4 is 4.90 Å². The Hall–Kier alpha value is -8.41. The second kappa shape index (κ2) is 15.6. The van der Waals surface area contributed by atoms with Crippen LogP contribution in [0.2, 0.25) is 0 Å². The Morgan fingerprint density at radius 3 is 1.71 bits per heavy atom. The smallest absolute Gasteiger partial charge is 0.154 e. The Bertz CT molecular complexity index is 3620. The quantitative estimate of drug-likeness (QED) is 0.151. The van der Waals surface area contributed by atoms with Crippen LogP contribution in [0.4, 0.5) is 11.4 Å². The summed E-state index contributed by atoms with van der Waals surface area (Å²) in [6.07, 6.45) is 3.28. The second-order valence-electron chi connectivity index (χ2n) is 15.7. The monoisotopic (exact) mass is 810 g/mol. The Labute approximate surface area is 365 Å². The summed E-state index contributed by atoms with van der Waals surface area (Å²) >= 11 is 0. The topological polar surface area (TPSA) is 39.1 Å². The first kappa shape index (κ1) is 37.6. The van der Waals surface area contributed by atoms with E-state index in [1.807, 2.05) is 6.07 Å². The molecule has 12 rings (SSSR count). The van der Waals surface area contributed by atoms with Gasteiger partial charge in [0.15, 0.2) is 5.58 Å². The Balaban J connectivity index is 0.00000107. The molecule has 5 heteroatoms. The molecule has 8 aromatic carbocycles. The SMILES string of the molecule is C=CC=C.CN(c1ccc2oc3ccc(-n4c5ccccc5c5ccccc54)nc3c2c1)c1ccccc1-c1ccc(-c2ccc3c(c2)c2ccccc2n3-c2ccccc2)cc1. The zero-order chi connectivity index (χ0) is 42.4. The number of benzene rings is 8. The molecule has 0 unspecified atom stereocenters. The van der Waals surface area contributed by atoms with Gasteiger partial charge in [-0.25, -0.2) is 4.98 Å².